The molecule has 0 amide bonds. The average molecular weight is 229 g/mol. The summed E-state index contributed by atoms with van der Waals surface area (Å²) < 4.78 is 11.0. The van der Waals surface area contributed by atoms with Crippen LogP contribution >= 0.6 is 11.3 Å². The minimum Gasteiger partial charge on any atom is -0.381 e. The highest BCUT2D eigenvalue weighted by Gasteiger charge is 2.14. The van der Waals surface area contributed by atoms with Crippen molar-refractivity contribution in [1.29, 1.82) is 0 Å². The number of ether oxygens (including phenoxy) is 2. The number of nitrogens with one attached hydrogen (secondary N) is 1. The van der Waals surface area contributed by atoms with Gasteiger partial charge in [0.2, 0.25) is 5.13 Å². The van der Waals surface area contributed by atoms with Crippen molar-refractivity contribution in [3.8, 4) is 0 Å². The van der Waals surface area contributed by atoms with E-state index in [0.717, 1.165) is 36.2 Å². The first kappa shape index (κ1) is 10.8. The van der Waals surface area contributed by atoms with E-state index in [2.05, 4.69) is 15.5 Å². The van der Waals surface area contributed by atoms with Crippen LogP contribution in [0.25, 0.3) is 0 Å². The first-order valence-electron chi connectivity index (χ1n) is 5.08. The van der Waals surface area contributed by atoms with Gasteiger partial charge in [-0.1, -0.05) is 11.3 Å². The molecule has 0 bridgehead atoms. The van der Waals surface area contributed by atoms with Crippen LogP contribution < -0.4 is 5.32 Å². The Morgan fingerprint density at radius 3 is 2.93 bits per heavy atom. The molecule has 1 aromatic rings. The van der Waals surface area contributed by atoms with Gasteiger partial charge in [-0.3, -0.25) is 0 Å². The molecule has 1 aliphatic rings. The van der Waals surface area contributed by atoms with Gasteiger partial charge in [0.05, 0.1) is 6.10 Å². The molecule has 1 saturated heterocycles. The monoisotopic (exact) mass is 229 g/mol. The lowest BCUT2D eigenvalue weighted by atomic mass is 10.2. The van der Waals surface area contributed by atoms with E-state index in [-0.39, 0.29) is 0 Å². The van der Waals surface area contributed by atoms with Crippen molar-refractivity contribution in [3.05, 3.63) is 5.01 Å². The molecule has 2 heterocycles. The highest BCUT2D eigenvalue weighted by Crippen LogP contribution is 2.18. The molecule has 15 heavy (non-hydrogen) atoms. The maximum atomic E-state index is 5.73. The molecule has 84 valence electrons. The lowest BCUT2D eigenvalue weighted by Crippen LogP contribution is -2.23. The second-order valence-electron chi connectivity index (χ2n) is 3.37. The van der Waals surface area contributed by atoms with Crippen LogP contribution in [-0.4, -0.2) is 36.6 Å². The molecule has 0 radical (unpaired) electrons. The molecule has 0 unspecified atom stereocenters. The Morgan fingerprint density at radius 2 is 2.27 bits per heavy atom. The normalized spacial score (nSPS) is 17.9. The first-order chi connectivity index (χ1) is 7.38. The van der Waals surface area contributed by atoms with Gasteiger partial charge in [-0.05, 0) is 12.8 Å². The van der Waals surface area contributed by atoms with Crippen LogP contribution in [0.15, 0.2) is 0 Å². The minimum atomic E-state index is 0.320. The second kappa shape index (κ2) is 5.39. The number of aromatic nitrogens is 2. The van der Waals surface area contributed by atoms with E-state index in [1.165, 1.54) is 11.3 Å². The fourth-order valence-corrected chi connectivity index (χ4v) is 2.06. The zero-order valence-corrected chi connectivity index (χ0v) is 9.55. The van der Waals surface area contributed by atoms with Crippen LogP contribution in [0.3, 0.4) is 0 Å². The second-order valence-corrected chi connectivity index (χ2v) is 4.44. The summed E-state index contributed by atoms with van der Waals surface area (Å²) in [6, 6.07) is 0. The summed E-state index contributed by atoms with van der Waals surface area (Å²) in [7, 11) is 1.84. The standard InChI is InChI=1S/C9H15N3O2S/c1-10-9-12-11-8(15-9)6-14-7-2-4-13-5-3-7/h7H,2-6H2,1H3,(H,10,12). The van der Waals surface area contributed by atoms with Gasteiger partial charge in [0, 0.05) is 20.3 Å². The van der Waals surface area contributed by atoms with E-state index in [0.29, 0.717) is 12.7 Å². The van der Waals surface area contributed by atoms with Gasteiger partial charge in [-0.2, -0.15) is 0 Å². The summed E-state index contributed by atoms with van der Waals surface area (Å²) in [6.07, 6.45) is 2.29. The molecule has 1 aliphatic heterocycles. The quantitative estimate of drug-likeness (QED) is 0.842. The summed E-state index contributed by atoms with van der Waals surface area (Å²) in [4.78, 5) is 0. The van der Waals surface area contributed by atoms with Crippen molar-refractivity contribution in [1.82, 2.24) is 10.2 Å². The molecular formula is C9H15N3O2S. The third-order valence-corrected chi connectivity index (χ3v) is 3.21. The van der Waals surface area contributed by atoms with Crippen LogP contribution in [0.5, 0.6) is 0 Å². The summed E-state index contributed by atoms with van der Waals surface area (Å²) >= 11 is 1.53. The van der Waals surface area contributed by atoms with Crippen molar-refractivity contribution in [2.24, 2.45) is 0 Å². The highest BCUT2D eigenvalue weighted by atomic mass is 32.1. The lowest BCUT2D eigenvalue weighted by Gasteiger charge is -2.21. The van der Waals surface area contributed by atoms with E-state index in [1.807, 2.05) is 7.05 Å². The molecule has 1 fully saturated rings. The zero-order valence-electron chi connectivity index (χ0n) is 8.73. The maximum Gasteiger partial charge on any atom is 0.205 e. The Kier molecular flexibility index (Phi) is 3.87. The maximum absolute atomic E-state index is 5.73. The first-order valence-corrected chi connectivity index (χ1v) is 5.89. The Bertz CT molecular complexity index is 299. The molecule has 0 atom stereocenters. The summed E-state index contributed by atoms with van der Waals surface area (Å²) in [5.74, 6) is 0. The van der Waals surface area contributed by atoms with Crippen LogP contribution in [0, 0.1) is 0 Å². The van der Waals surface area contributed by atoms with E-state index in [9.17, 15) is 0 Å². The van der Waals surface area contributed by atoms with Crippen LogP contribution in [-0.2, 0) is 16.1 Å². The number of rotatable bonds is 4. The van der Waals surface area contributed by atoms with Gasteiger partial charge in [0.15, 0.2) is 0 Å². The van der Waals surface area contributed by atoms with Crippen molar-refractivity contribution in [2.45, 2.75) is 25.6 Å². The molecule has 0 aliphatic carbocycles. The van der Waals surface area contributed by atoms with Gasteiger partial charge in [-0.25, -0.2) is 0 Å². The predicted molar refractivity (Wildman–Crippen MR) is 58.1 cm³/mol. The Balaban J connectivity index is 1.76. The Hall–Kier alpha value is -0.720. The molecule has 1 N–H and O–H groups in total. The fraction of sp³-hybridized carbons (Fsp3) is 0.778. The molecule has 0 saturated carbocycles. The fourth-order valence-electron chi connectivity index (χ4n) is 1.44. The zero-order chi connectivity index (χ0) is 10.5. The number of hydrogen-bond acceptors (Lipinski definition) is 6. The average Bonchev–Trinajstić information content (AvgIpc) is 2.76. The topological polar surface area (TPSA) is 56.3 Å². The molecule has 2 rings (SSSR count). The lowest BCUT2D eigenvalue weighted by molar-refractivity contribution is -0.0392. The minimum absolute atomic E-state index is 0.320. The van der Waals surface area contributed by atoms with Crippen molar-refractivity contribution in [3.63, 3.8) is 0 Å². The van der Waals surface area contributed by atoms with Crippen LogP contribution in [0.1, 0.15) is 17.8 Å². The SMILES string of the molecule is CNc1nnc(COC2CCOCC2)s1. The van der Waals surface area contributed by atoms with Crippen LogP contribution in [0.4, 0.5) is 5.13 Å². The molecular weight excluding hydrogens is 214 g/mol. The van der Waals surface area contributed by atoms with Crippen molar-refractivity contribution in [2.75, 3.05) is 25.6 Å². The molecule has 1 aromatic heterocycles. The third kappa shape index (κ3) is 3.12. The van der Waals surface area contributed by atoms with Crippen LogP contribution in [0.2, 0.25) is 0 Å². The molecule has 0 aromatic carbocycles. The summed E-state index contributed by atoms with van der Waals surface area (Å²) in [5.41, 5.74) is 0. The van der Waals surface area contributed by atoms with Crippen molar-refractivity contribution < 1.29 is 9.47 Å². The summed E-state index contributed by atoms with van der Waals surface area (Å²) in [5, 5.41) is 12.7. The largest absolute Gasteiger partial charge is 0.381 e. The van der Waals surface area contributed by atoms with Gasteiger partial charge in [0.1, 0.15) is 11.6 Å². The number of hydrogen-bond donors (Lipinski definition) is 1. The van der Waals surface area contributed by atoms with Gasteiger partial charge in [-0.15, -0.1) is 10.2 Å². The van der Waals surface area contributed by atoms with Crippen molar-refractivity contribution >= 4 is 16.5 Å². The Labute approximate surface area is 92.8 Å². The van der Waals surface area contributed by atoms with Gasteiger partial charge < -0.3 is 14.8 Å². The van der Waals surface area contributed by atoms with E-state index in [4.69, 9.17) is 9.47 Å². The number of nitrogens with zero attached hydrogens (tertiary/aromatic N) is 2. The van der Waals surface area contributed by atoms with Gasteiger partial charge in [0.25, 0.3) is 0 Å². The summed E-state index contributed by atoms with van der Waals surface area (Å²) in [6.45, 7) is 2.18. The smallest absolute Gasteiger partial charge is 0.205 e. The molecule has 6 heteroatoms. The van der Waals surface area contributed by atoms with E-state index in [1.54, 1.807) is 0 Å². The molecule has 0 spiro atoms. The third-order valence-electron chi connectivity index (χ3n) is 2.29. The Morgan fingerprint density at radius 1 is 1.47 bits per heavy atom. The van der Waals surface area contributed by atoms with E-state index < -0.39 is 0 Å². The number of anilines is 1. The van der Waals surface area contributed by atoms with E-state index >= 15 is 0 Å². The highest BCUT2D eigenvalue weighted by molar-refractivity contribution is 7.15. The predicted octanol–water partition coefficient (Wildman–Crippen LogP) is 1.28. The van der Waals surface area contributed by atoms with Gasteiger partial charge >= 0.3 is 0 Å². The molecule has 5 nitrogen and oxygen atoms in total.